The molecule has 29 heavy (non-hydrogen) atoms. The van der Waals surface area contributed by atoms with Crippen LogP contribution in [0.3, 0.4) is 0 Å². The highest BCUT2D eigenvalue weighted by atomic mass is 16.5. The molecule has 3 nitrogen and oxygen atoms in total. The van der Waals surface area contributed by atoms with Crippen LogP contribution in [0, 0.1) is 0 Å². The Morgan fingerprint density at radius 1 is 1.00 bits per heavy atom. The molecule has 0 spiro atoms. The molecule has 0 aliphatic heterocycles. The Morgan fingerprint density at radius 2 is 1.59 bits per heavy atom. The molecule has 0 radical (unpaired) electrons. The lowest BCUT2D eigenvalue weighted by molar-refractivity contribution is -0.137. The number of carbonyl (C=O) groups excluding carboxylic acids is 1. The molecule has 0 saturated heterocycles. The largest absolute Gasteiger partial charge is 0.463 e. The number of aliphatic hydroxyl groups is 1. The number of carbonyl (C=O) groups is 1. The van der Waals surface area contributed by atoms with E-state index in [9.17, 15) is 9.90 Å². The zero-order valence-electron chi connectivity index (χ0n) is 18.2. The van der Waals surface area contributed by atoms with Gasteiger partial charge in [-0.05, 0) is 64.5 Å². The summed E-state index contributed by atoms with van der Waals surface area (Å²) in [5.41, 5.74) is 5.67. The Balaban J connectivity index is 1.84. The first-order valence-corrected chi connectivity index (χ1v) is 10.4. The second-order valence-corrected chi connectivity index (χ2v) is 9.23. The minimum absolute atomic E-state index is 0.113. The van der Waals surface area contributed by atoms with E-state index < -0.39 is 6.10 Å². The lowest BCUT2D eigenvalue weighted by Gasteiger charge is -2.42. The molecule has 0 fully saturated rings. The van der Waals surface area contributed by atoms with Gasteiger partial charge in [0.05, 0.1) is 6.61 Å². The van der Waals surface area contributed by atoms with Gasteiger partial charge in [0.25, 0.3) is 0 Å². The van der Waals surface area contributed by atoms with Crippen molar-refractivity contribution in [2.45, 2.75) is 64.4 Å². The second kappa shape index (κ2) is 8.16. The van der Waals surface area contributed by atoms with E-state index in [1.807, 2.05) is 24.3 Å². The van der Waals surface area contributed by atoms with E-state index in [4.69, 9.17) is 4.74 Å². The third-order valence-corrected chi connectivity index (χ3v) is 6.14. The number of benzene rings is 2. The maximum Gasteiger partial charge on any atom is 0.330 e. The van der Waals surface area contributed by atoms with Crippen LogP contribution >= 0.6 is 0 Å². The van der Waals surface area contributed by atoms with Gasteiger partial charge in [-0.3, -0.25) is 0 Å². The van der Waals surface area contributed by atoms with E-state index in [2.05, 4.69) is 45.9 Å². The van der Waals surface area contributed by atoms with Crippen LogP contribution in [0.5, 0.6) is 0 Å². The van der Waals surface area contributed by atoms with Gasteiger partial charge in [0.15, 0.2) is 0 Å². The Labute approximate surface area is 174 Å². The molecule has 1 atom stereocenters. The zero-order valence-corrected chi connectivity index (χ0v) is 18.2. The molecule has 1 aliphatic rings. The molecule has 0 amide bonds. The topological polar surface area (TPSA) is 46.5 Å². The van der Waals surface area contributed by atoms with Crippen molar-refractivity contribution in [1.82, 2.24) is 0 Å². The standard InChI is InChI=1S/C26H32O3/c1-6-29-23(27)14-9-18-7-10-19(11-8-18)24(28)20-12-13-21-22(17-20)26(4,5)16-15-25(21,2)3/h7-14,17,24,28H,6,15-16H2,1-5H3/b14-9+. The second-order valence-electron chi connectivity index (χ2n) is 9.23. The van der Waals surface area contributed by atoms with Crippen molar-refractivity contribution in [3.63, 3.8) is 0 Å². The molecule has 0 heterocycles. The first-order valence-electron chi connectivity index (χ1n) is 10.4. The summed E-state index contributed by atoms with van der Waals surface area (Å²) in [6, 6.07) is 14.1. The van der Waals surface area contributed by atoms with Crippen LogP contribution in [0.15, 0.2) is 48.5 Å². The Morgan fingerprint density at radius 3 is 2.21 bits per heavy atom. The molecule has 154 valence electrons. The van der Waals surface area contributed by atoms with E-state index in [1.165, 1.54) is 23.6 Å². The van der Waals surface area contributed by atoms with Crippen LogP contribution in [0.4, 0.5) is 0 Å². The van der Waals surface area contributed by atoms with E-state index in [-0.39, 0.29) is 16.8 Å². The molecule has 2 aromatic carbocycles. The van der Waals surface area contributed by atoms with Gasteiger partial charge in [-0.25, -0.2) is 4.79 Å². The van der Waals surface area contributed by atoms with Crippen molar-refractivity contribution in [3.05, 3.63) is 76.4 Å². The average molecular weight is 393 g/mol. The van der Waals surface area contributed by atoms with Crippen LogP contribution in [0.2, 0.25) is 0 Å². The van der Waals surface area contributed by atoms with Gasteiger partial charge in [0, 0.05) is 6.08 Å². The number of hydrogen-bond acceptors (Lipinski definition) is 3. The molecule has 0 bridgehead atoms. The van der Waals surface area contributed by atoms with Crippen LogP contribution in [0.1, 0.15) is 81.4 Å². The molecule has 0 saturated carbocycles. The molecular formula is C26H32O3. The van der Waals surface area contributed by atoms with Gasteiger partial charge in [0.1, 0.15) is 6.10 Å². The summed E-state index contributed by atoms with van der Waals surface area (Å²) in [7, 11) is 0. The van der Waals surface area contributed by atoms with Gasteiger partial charge in [-0.15, -0.1) is 0 Å². The van der Waals surface area contributed by atoms with Gasteiger partial charge in [-0.2, -0.15) is 0 Å². The van der Waals surface area contributed by atoms with Crippen LogP contribution in [-0.4, -0.2) is 17.7 Å². The minimum atomic E-state index is -0.677. The Kier molecular flexibility index (Phi) is 6.00. The third-order valence-electron chi connectivity index (χ3n) is 6.14. The molecule has 1 aliphatic carbocycles. The van der Waals surface area contributed by atoms with Crippen LogP contribution in [0.25, 0.3) is 6.08 Å². The van der Waals surface area contributed by atoms with E-state index in [0.29, 0.717) is 6.61 Å². The molecular weight excluding hydrogens is 360 g/mol. The van der Waals surface area contributed by atoms with Crippen molar-refractivity contribution < 1.29 is 14.6 Å². The summed E-state index contributed by atoms with van der Waals surface area (Å²) in [4.78, 5) is 11.4. The maximum atomic E-state index is 11.4. The molecule has 3 heteroatoms. The van der Waals surface area contributed by atoms with E-state index in [0.717, 1.165) is 23.1 Å². The Bertz CT molecular complexity index is 904. The van der Waals surface area contributed by atoms with E-state index in [1.54, 1.807) is 13.0 Å². The predicted octanol–water partition coefficient (Wildman–Crippen LogP) is 5.69. The van der Waals surface area contributed by atoms with Gasteiger partial charge in [0.2, 0.25) is 0 Å². The zero-order chi connectivity index (χ0) is 21.2. The fourth-order valence-electron chi connectivity index (χ4n) is 4.11. The highest BCUT2D eigenvalue weighted by Gasteiger charge is 2.37. The average Bonchev–Trinajstić information content (AvgIpc) is 2.70. The third kappa shape index (κ3) is 4.62. The summed E-state index contributed by atoms with van der Waals surface area (Å²) >= 11 is 0. The number of aliphatic hydroxyl groups excluding tert-OH is 1. The minimum Gasteiger partial charge on any atom is -0.463 e. The highest BCUT2D eigenvalue weighted by Crippen LogP contribution is 2.46. The number of hydrogen-bond donors (Lipinski definition) is 1. The van der Waals surface area contributed by atoms with Gasteiger partial charge >= 0.3 is 5.97 Å². The summed E-state index contributed by atoms with van der Waals surface area (Å²) < 4.78 is 4.89. The van der Waals surface area contributed by atoms with Crippen molar-refractivity contribution in [2.75, 3.05) is 6.61 Å². The van der Waals surface area contributed by atoms with E-state index >= 15 is 0 Å². The predicted molar refractivity (Wildman–Crippen MR) is 118 cm³/mol. The summed E-state index contributed by atoms with van der Waals surface area (Å²) in [5.74, 6) is -0.351. The molecule has 3 rings (SSSR count). The van der Waals surface area contributed by atoms with Crippen molar-refractivity contribution in [2.24, 2.45) is 0 Å². The maximum absolute atomic E-state index is 11.4. The summed E-state index contributed by atoms with van der Waals surface area (Å²) in [6.07, 6.45) is 4.79. The molecule has 2 aromatic rings. The summed E-state index contributed by atoms with van der Waals surface area (Å²) in [6.45, 7) is 11.3. The number of ether oxygens (including phenoxy) is 1. The lowest BCUT2D eigenvalue weighted by atomic mass is 9.63. The van der Waals surface area contributed by atoms with Crippen LogP contribution < -0.4 is 0 Å². The fraction of sp³-hybridized carbons (Fsp3) is 0.423. The molecule has 1 N–H and O–H groups in total. The number of esters is 1. The number of fused-ring (bicyclic) bond motifs is 1. The first kappa shape index (κ1) is 21.3. The molecule has 1 unspecified atom stereocenters. The highest BCUT2D eigenvalue weighted by molar-refractivity contribution is 5.87. The lowest BCUT2D eigenvalue weighted by Crippen LogP contribution is -2.34. The van der Waals surface area contributed by atoms with Crippen molar-refractivity contribution in [3.8, 4) is 0 Å². The fourth-order valence-corrected chi connectivity index (χ4v) is 4.11. The van der Waals surface area contributed by atoms with Gasteiger partial charge < -0.3 is 9.84 Å². The number of rotatable bonds is 5. The quantitative estimate of drug-likeness (QED) is 0.525. The monoisotopic (exact) mass is 392 g/mol. The normalized spacial score (nSPS) is 18.3. The van der Waals surface area contributed by atoms with Crippen LogP contribution in [-0.2, 0) is 20.4 Å². The van der Waals surface area contributed by atoms with Gasteiger partial charge in [-0.1, -0.05) is 70.2 Å². The summed E-state index contributed by atoms with van der Waals surface area (Å²) in [5, 5.41) is 11.0. The first-order chi connectivity index (χ1) is 13.6. The smallest absolute Gasteiger partial charge is 0.330 e. The van der Waals surface area contributed by atoms with Crippen molar-refractivity contribution in [1.29, 1.82) is 0 Å². The van der Waals surface area contributed by atoms with Crippen molar-refractivity contribution >= 4 is 12.0 Å². The molecule has 0 aromatic heterocycles. The Hall–Kier alpha value is -2.39. The SMILES string of the molecule is CCOC(=O)/C=C/c1ccc(C(O)c2ccc3c(c2)C(C)(C)CCC3(C)C)cc1.